The van der Waals surface area contributed by atoms with Crippen LogP contribution in [0.1, 0.15) is 0 Å². The summed E-state index contributed by atoms with van der Waals surface area (Å²) in [7, 11) is 0. The second-order valence-electron chi connectivity index (χ2n) is 19.7. The molecule has 0 aromatic rings. The molecule has 14 bridgehead atoms. The first-order valence-corrected chi connectivity index (χ1v) is 24.6. The van der Waals surface area contributed by atoms with Crippen molar-refractivity contribution in [2.75, 3.05) is 46.2 Å². The lowest BCUT2D eigenvalue weighted by molar-refractivity contribution is -0.396. The molecule has 0 aromatic heterocycles. The molecule has 35 atom stereocenters. The van der Waals surface area contributed by atoms with Crippen LogP contribution < -0.4 is 0 Å². The molecule has 448 valence electrons. The molecule has 21 saturated heterocycles. The minimum Gasteiger partial charge on any atom is -0.394 e. The molecule has 77 heavy (non-hydrogen) atoms. The fraction of sp³-hybridized carbons (Fsp3) is 1.00. The molecule has 0 radical (unpaired) electrons. The SMILES string of the molecule is OC[C@H]1O[C@@H]2O[C@H]3[C@H](O)[C@@H](O)[C@@H](O[C@H]4[C@H](O)[C@@H](O)[C@H](O[C@H]5[C@H](O)[C@@H](O)[C@@H](O[C@H]6[C@H](O)[C@@H](O)[C@@H](O[C@H]7[C@H](O)[C@@H](O)[C@@H](O[C@H]8[C@H](O)[C@@H](O)[C@@H](O[C@H]1[C@H](O)[C@@H]2O)O[C@@H]8CO)O[C@@H]7CO)O[C@@H]6CO)O[C@@H]5CO)O[C@@H]4CO)O[C@@H]3CO. The van der Waals surface area contributed by atoms with E-state index in [0.29, 0.717) is 0 Å². The molecule has 21 fully saturated rings. The lowest BCUT2D eigenvalue weighted by Gasteiger charge is -2.50. The zero-order valence-corrected chi connectivity index (χ0v) is 40.3. The largest absolute Gasteiger partial charge is 0.394 e. The van der Waals surface area contributed by atoms with Gasteiger partial charge in [0.15, 0.2) is 44.0 Å². The molecule has 35 nitrogen and oxygen atoms in total. The summed E-state index contributed by atoms with van der Waals surface area (Å²) in [5.74, 6) is 0. The second kappa shape index (κ2) is 26.0. The highest BCUT2D eigenvalue weighted by Crippen LogP contribution is 2.39. The lowest BCUT2D eigenvalue weighted by Crippen LogP contribution is -2.68. The predicted octanol–water partition coefficient (Wildman–Crippen LogP) is -15.2. The van der Waals surface area contributed by atoms with Gasteiger partial charge in [0.25, 0.3) is 0 Å². The van der Waals surface area contributed by atoms with E-state index in [4.69, 9.17) is 66.3 Å². The van der Waals surface area contributed by atoms with Gasteiger partial charge in [-0.15, -0.1) is 0 Å². The van der Waals surface area contributed by atoms with Crippen molar-refractivity contribution in [1.29, 1.82) is 0 Å². The molecule has 35 heteroatoms. The third kappa shape index (κ3) is 12.1. The average molecular weight is 1130 g/mol. The maximum absolute atomic E-state index is 11.3. The van der Waals surface area contributed by atoms with Gasteiger partial charge in [0.05, 0.1) is 46.2 Å². The second-order valence-corrected chi connectivity index (χ2v) is 19.7. The first-order chi connectivity index (χ1) is 36.7. The Morgan fingerprint density at radius 2 is 0.260 bits per heavy atom. The Labute approximate surface area is 434 Å². The van der Waals surface area contributed by atoms with Crippen LogP contribution in [0.4, 0.5) is 0 Å². The molecule has 0 unspecified atom stereocenters. The number of hydrogen-bond acceptors (Lipinski definition) is 35. The Balaban J connectivity index is 1.08. The van der Waals surface area contributed by atoms with Crippen molar-refractivity contribution in [3.8, 4) is 0 Å². The van der Waals surface area contributed by atoms with E-state index in [-0.39, 0.29) is 0 Å². The van der Waals surface area contributed by atoms with Gasteiger partial charge in [-0.1, -0.05) is 0 Å². The summed E-state index contributed by atoms with van der Waals surface area (Å²) in [4.78, 5) is 0. The minimum atomic E-state index is -2.21. The van der Waals surface area contributed by atoms with Crippen LogP contribution >= 0.6 is 0 Å². The number of ether oxygens (including phenoxy) is 14. The normalized spacial score (nSPS) is 55.4. The molecule has 0 spiro atoms. The molecule has 0 saturated carbocycles. The summed E-state index contributed by atoms with van der Waals surface area (Å²) in [6, 6.07) is 0. The van der Waals surface area contributed by atoms with Crippen LogP contribution in [0.2, 0.25) is 0 Å². The van der Waals surface area contributed by atoms with E-state index in [2.05, 4.69) is 0 Å². The molecule has 21 heterocycles. The molecular formula is C42H70O35. The summed E-state index contributed by atoms with van der Waals surface area (Å²) in [5, 5.41) is 230. The number of aliphatic hydroxyl groups is 21. The topological polar surface area (TPSA) is 554 Å². The van der Waals surface area contributed by atoms with Crippen LogP contribution in [0.3, 0.4) is 0 Å². The Kier molecular flexibility index (Phi) is 20.8. The monoisotopic (exact) mass is 1130 g/mol. The standard InChI is InChI=1S/C42H70O35/c43-1-8-29-15(50)22(57)36(64-8)72-30-9(2-44)66-38(24(59)17(30)52)74-32-11(4-46)68-40(26(61)19(32)54)76-34-13(6-48)70-42(28(63)21(34)56)77-35-14(7-49)69-41(27(62)20(35)55)75-33-12(5-47)67-39(25(60)18(33)53)73-31-10(3-45)65-37(71-29)23(58)16(31)51/h8-63H,1-7H2/t8-,9-,10-,11-,12-,13-,14-,15-,16-,17-,18-,19-,20-,21-,22-,23-,24-,25-,26-,27-,28+,29-,30-,31-,32-,33-,34-,35-,36-,37-,38-,39+,40-,41-,42-/m1/s1. The Hall–Kier alpha value is -1.40. The first kappa shape index (κ1) is 61.7. The van der Waals surface area contributed by atoms with Crippen molar-refractivity contribution in [2.24, 2.45) is 0 Å². The summed E-state index contributed by atoms with van der Waals surface area (Å²) in [6.07, 6.45) is -70.2. The van der Waals surface area contributed by atoms with Gasteiger partial charge in [-0.05, 0) is 0 Å². The quantitative estimate of drug-likeness (QED) is 0.113. The van der Waals surface area contributed by atoms with E-state index in [1.807, 2.05) is 0 Å². The molecule has 0 amide bonds. The van der Waals surface area contributed by atoms with Crippen LogP contribution in [-0.2, 0) is 66.3 Å². The number of rotatable bonds is 7. The fourth-order valence-corrected chi connectivity index (χ4v) is 10.4. The van der Waals surface area contributed by atoms with Gasteiger partial charge in [-0.25, -0.2) is 0 Å². The molecular weight excluding hydrogens is 1060 g/mol. The van der Waals surface area contributed by atoms with Crippen molar-refractivity contribution in [3.05, 3.63) is 0 Å². The molecule has 0 aromatic carbocycles. The van der Waals surface area contributed by atoms with E-state index < -0.39 is 261 Å². The van der Waals surface area contributed by atoms with Gasteiger partial charge < -0.3 is 174 Å². The Morgan fingerprint density at radius 1 is 0.156 bits per heavy atom. The van der Waals surface area contributed by atoms with Gasteiger partial charge >= 0.3 is 0 Å². The number of aliphatic hydroxyl groups excluding tert-OH is 21. The van der Waals surface area contributed by atoms with Crippen LogP contribution in [0, 0.1) is 0 Å². The molecule has 0 aliphatic carbocycles. The third-order valence-electron chi connectivity index (χ3n) is 14.8. The first-order valence-electron chi connectivity index (χ1n) is 24.6. The van der Waals surface area contributed by atoms with Crippen molar-refractivity contribution in [2.45, 2.75) is 215 Å². The van der Waals surface area contributed by atoms with Crippen molar-refractivity contribution < 1.29 is 174 Å². The average Bonchev–Trinajstić information content (AvgIpc) is 3.45. The van der Waals surface area contributed by atoms with E-state index in [9.17, 15) is 107 Å². The van der Waals surface area contributed by atoms with Crippen molar-refractivity contribution >= 4 is 0 Å². The van der Waals surface area contributed by atoms with Gasteiger partial charge in [-0.3, -0.25) is 0 Å². The highest BCUT2D eigenvalue weighted by Gasteiger charge is 2.59. The Bertz CT molecular complexity index is 1470. The zero-order valence-electron chi connectivity index (χ0n) is 40.3. The van der Waals surface area contributed by atoms with Crippen LogP contribution in [-0.4, -0.2) is 368 Å². The summed E-state index contributed by atoms with van der Waals surface area (Å²) >= 11 is 0. The smallest absolute Gasteiger partial charge is 0.187 e. The third-order valence-corrected chi connectivity index (χ3v) is 14.8. The van der Waals surface area contributed by atoms with Gasteiger partial charge in [0.1, 0.15) is 171 Å². The van der Waals surface area contributed by atoms with Crippen molar-refractivity contribution in [3.63, 3.8) is 0 Å². The van der Waals surface area contributed by atoms with E-state index >= 15 is 0 Å². The van der Waals surface area contributed by atoms with Crippen LogP contribution in [0.15, 0.2) is 0 Å². The Morgan fingerprint density at radius 3 is 0.351 bits per heavy atom. The fourth-order valence-electron chi connectivity index (χ4n) is 10.4. The summed E-state index contributed by atoms with van der Waals surface area (Å²) < 4.78 is 79.5. The molecule has 21 rings (SSSR count). The number of hydrogen-bond donors (Lipinski definition) is 21. The van der Waals surface area contributed by atoms with Gasteiger partial charge in [0, 0.05) is 0 Å². The lowest BCUT2D eigenvalue weighted by atomic mass is 9.95. The van der Waals surface area contributed by atoms with Gasteiger partial charge in [-0.2, -0.15) is 0 Å². The van der Waals surface area contributed by atoms with Crippen molar-refractivity contribution in [1.82, 2.24) is 0 Å². The van der Waals surface area contributed by atoms with Crippen LogP contribution in [0.5, 0.6) is 0 Å². The van der Waals surface area contributed by atoms with E-state index in [0.717, 1.165) is 0 Å². The molecule has 21 N–H and O–H groups in total. The maximum atomic E-state index is 11.3. The highest BCUT2D eigenvalue weighted by molar-refractivity contribution is 5.01. The molecule has 21 aliphatic rings. The van der Waals surface area contributed by atoms with E-state index in [1.54, 1.807) is 0 Å². The van der Waals surface area contributed by atoms with Crippen LogP contribution in [0.25, 0.3) is 0 Å². The van der Waals surface area contributed by atoms with E-state index in [1.165, 1.54) is 0 Å². The summed E-state index contributed by atoms with van der Waals surface area (Å²) in [5.41, 5.74) is 0. The predicted molar refractivity (Wildman–Crippen MR) is 228 cm³/mol. The minimum absolute atomic E-state index is 1.05. The highest BCUT2D eigenvalue weighted by atomic mass is 16.8. The molecule has 21 aliphatic heterocycles. The van der Waals surface area contributed by atoms with Gasteiger partial charge in [0.2, 0.25) is 0 Å². The maximum Gasteiger partial charge on any atom is 0.187 e. The summed E-state index contributed by atoms with van der Waals surface area (Å²) in [6.45, 7) is -7.33. The zero-order chi connectivity index (χ0) is 56.1.